The van der Waals surface area contributed by atoms with Crippen LogP contribution in [0, 0.1) is 0 Å². The molecular formula is C24H20N4O4. The molecule has 2 aromatic carbocycles. The van der Waals surface area contributed by atoms with Gasteiger partial charge in [0.25, 0.3) is 0 Å². The van der Waals surface area contributed by atoms with E-state index in [1.165, 1.54) is 12.4 Å². The van der Waals surface area contributed by atoms with Gasteiger partial charge in [0, 0.05) is 17.4 Å². The summed E-state index contributed by atoms with van der Waals surface area (Å²) in [5, 5.41) is 15.0. The van der Waals surface area contributed by atoms with Gasteiger partial charge in [-0.25, -0.2) is 4.79 Å². The zero-order valence-electron chi connectivity index (χ0n) is 17.3. The number of benzene rings is 2. The molecule has 1 atom stereocenters. The van der Waals surface area contributed by atoms with Gasteiger partial charge in [-0.15, -0.1) is 0 Å². The molecule has 1 N–H and O–H groups in total. The summed E-state index contributed by atoms with van der Waals surface area (Å²) in [4.78, 5) is 25.7. The molecule has 4 aromatic rings. The first-order valence-corrected chi connectivity index (χ1v) is 10.0. The molecule has 0 saturated heterocycles. The fraction of sp³-hybridized carbons (Fsp3) is 0.125. The summed E-state index contributed by atoms with van der Waals surface area (Å²) in [5.41, 5.74) is 2.38. The summed E-state index contributed by atoms with van der Waals surface area (Å²) in [6.45, 7) is 2.01. The van der Waals surface area contributed by atoms with E-state index in [9.17, 15) is 9.59 Å². The van der Waals surface area contributed by atoms with E-state index in [0.717, 1.165) is 5.56 Å². The highest BCUT2D eigenvalue weighted by atomic mass is 16.5. The summed E-state index contributed by atoms with van der Waals surface area (Å²) in [5.74, 6) is -0.373. The lowest BCUT2D eigenvalue weighted by atomic mass is 9.98. The minimum Gasteiger partial charge on any atom is -0.462 e. The van der Waals surface area contributed by atoms with Gasteiger partial charge in [0.05, 0.1) is 29.6 Å². The molecule has 0 aliphatic rings. The topological polar surface area (TPSA) is 107 Å². The number of carbonyl (C=O) groups excluding carboxylic acids is 2. The van der Waals surface area contributed by atoms with Gasteiger partial charge in [-0.3, -0.25) is 4.79 Å². The molecule has 0 fully saturated rings. The highest BCUT2D eigenvalue weighted by molar-refractivity contribution is 6.05. The Morgan fingerprint density at radius 1 is 1.06 bits per heavy atom. The van der Waals surface area contributed by atoms with Crippen LogP contribution in [0.15, 0.2) is 83.6 Å². The SMILES string of the molecule is CCOC(=O)c1cccc(NC(C(=O)c2cnoc2-c2ccccc2)c2cccnn2)c1. The van der Waals surface area contributed by atoms with Crippen LogP contribution < -0.4 is 5.32 Å². The number of esters is 1. The molecular weight excluding hydrogens is 408 g/mol. The first-order chi connectivity index (χ1) is 15.7. The molecule has 1 unspecified atom stereocenters. The van der Waals surface area contributed by atoms with Crippen molar-refractivity contribution in [1.29, 1.82) is 0 Å². The number of ether oxygens (including phenoxy) is 1. The van der Waals surface area contributed by atoms with E-state index in [0.29, 0.717) is 28.3 Å². The Hall–Kier alpha value is -4.33. The molecule has 8 nitrogen and oxygen atoms in total. The smallest absolute Gasteiger partial charge is 0.338 e. The second kappa shape index (κ2) is 9.65. The van der Waals surface area contributed by atoms with Gasteiger partial charge in [0.15, 0.2) is 11.5 Å². The highest BCUT2D eigenvalue weighted by Gasteiger charge is 2.28. The van der Waals surface area contributed by atoms with Crippen LogP contribution in [0.25, 0.3) is 11.3 Å². The second-order valence-electron chi connectivity index (χ2n) is 6.83. The van der Waals surface area contributed by atoms with E-state index in [1.54, 1.807) is 43.3 Å². The van der Waals surface area contributed by atoms with E-state index >= 15 is 0 Å². The first-order valence-electron chi connectivity index (χ1n) is 10.0. The quantitative estimate of drug-likeness (QED) is 0.326. The number of hydrogen-bond donors (Lipinski definition) is 1. The van der Waals surface area contributed by atoms with Crippen molar-refractivity contribution in [2.24, 2.45) is 0 Å². The van der Waals surface area contributed by atoms with Crippen LogP contribution in [0.3, 0.4) is 0 Å². The van der Waals surface area contributed by atoms with Crippen molar-refractivity contribution in [3.05, 3.63) is 95.9 Å². The normalized spacial score (nSPS) is 11.5. The molecule has 0 amide bonds. The van der Waals surface area contributed by atoms with Gasteiger partial charge < -0.3 is 14.6 Å². The third-order valence-electron chi connectivity index (χ3n) is 4.71. The zero-order chi connectivity index (χ0) is 22.3. The summed E-state index contributed by atoms with van der Waals surface area (Å²) in [6.07, 6.45) is 2.92. The van der Waals surface area contributed by atoms with Gasteiger partial charge in [0.1, 0.15) is 6.04 Å². The molecule has 0 spiro atoms. The lowest BCUT2D eigenvalue weighted by Crippen LogP contribution is -2.23. The Balaban J connectivity index is 1.69. The molecule has 0 aliphatic heterocycles. The molecule has 0 saturated carbocycles. The second-order valence-corrected chi connectivity index (χ2v) is 6.83. The van der Waals surface area contributed by atoms with E-state index in [2.05, 4.69) is 20.7 Å². The van der Waals surface area contributed by atoms with Crippen LogP contribution >= 0.6 is 0 Å². The van der Waals surface area contributed by atoms with Crippen molar-refractivity contribution in [3.8, 4) is 11.3 Å². The maximum absolute atomic E-state index is 13.6. The van der Waals surface area contributed by atoms with Crippen molar-refractivity contribution in [2.45, 2.75) is 13.0 Å². The molecule has 0 radical (unpaired) electrons. The van der Waals surface area contributed by atoms with Crippen LogP contribution in [0.4, 0.5) is 5.69 Å². The molecule has 0 aliphatic carbocycles. The average Bonchev–Trinajstić information content (AvgIpc) is 3.34. The number of nitrogens with zero attached hydrogens (tertiary/aromatic N) is 3. The summed E-state index contributed by atoms with van der Waals surface area (Å²) in [6, 6.07) is 18.5. The van der Waals surface area contributed by atoms with Crippen molar-refractivity contribution in [1.82, 2.24) is 15.4 Å². The van der Waals surface area contributed by atoms with Crippen molar-refractivity contribution in [2.75, 3.05) is 11.9 Å². The van der Waals surface area contributed by atoms with E-state index in [1.807, 2.05) is 30.3 Å². The monoisotopic (exact) mass is 428 g/mol. The minimum atomic E-state index is -0.886. The van der Waals surface area contributed by atoms with Crippen LogP contribution in [-0.4, -0.2) is 33.7 Å². The van der Waals surface area contributed by atoms with Crippen molar-refractivity contribution in [3.63, 3.8) is 0 Å². The van der Waals surface area contributed by atoms with Crippen LogP contribution in [0.5, 0.6) is 0 Å². The number of nitrogens with one attached hydrogen (secondary N) is 1. The number of ketones is 1. The molecule has 160 valence electrons. The number of hydrogen-bond acceptors (Lipinski definition) is 8. The van der Waals surface area contributed by atoms with Gasteiger partial charge >= 0.3 is 5.97 Å². The Morgan fingerprint density at radius 2 is 1.91 bits per heavy atom. The summed E-state index contributed by atoms with van der Waals surface area (Å²) >= 11 is 0. The van der Waals surface area contributed by atoms with Crippen LogP contribution in [0.2, 0.25) is 0 Å². The molecule has 4 rings (SSSR count). The van der Waals surface area contributed by atoms with Gasteiger partial charge in [-0.1, -0.05) is 41.6 Å². The van der Waals surface area contributed by atoms with Gasteiger partial charge in [0.2, 0.25) is 0 Å². The largest absolute Gasteiger partial charge is 0.462 e. The van der Waals surface area contributed by atoms with Crippen LogP contribution in [0.1, 0.15) is 39.4 Å². The molecule has 2 heterocycles. The lowest BCUT2D eigenvalue weighted by Gasteiger charge is -2.18. The van der Waals surface area contributed by atoms with E-state index in [-0.39, 0.29) is 12.4 Å². The Kier molecular flexibility index (Phi) is 6.31. The zero-order valence-corrected chi connectivity index (χ0v) is 17.3. The molecule has 8 heteroatoms. The standard InChI is InChI=1S/C24H20N4O4/c1-2-31-24(30)17-10-6-11-18(14-17)27-21(20-12-7-13-25-28-20)22(29)19-15-26-32-23(19)16-8-4-3-5-9-16/h3-15,21,27H,2H2,1H3. The average molecular weight is 428 g/mol. The predicted molar refractivity (Wildman–Crippen MR) is 117 cm³/mol. The van der Waals surface area contributed by atoms with Crippen molar-refractivity contribution < 1.29 is 18.8 Å². The minimum absolute atomic E-state index is 0.271. The highest BCUT2D eigenvalue weighted by Crippen LogP contribution is 2.29. The van der Waals surface area contributed by atoms with Gasteiger partial charge in [-0.2, -0.15) is 10.2 Å². The molecule has 2 aromatic heterocycles. The van der Waals surface area contributed by atoms with E-state index < -0.39 is 12.0 Å². The Morgan fingerprint density at radius 3 is 2.66 bits per heavy atom. The maximum Gasteiger partial charge on any atom is 0.338 e. The molecule has 32 heavy (non-hydrogen) atoms. The maximum atomic E-state index is 13.6. The Bertz CT molecular complexity index is 1210. The number of carbonyl (C=O) groups is 2. The van der Waals surface area contributed by atoms with Crippen LogP contribution in [-0.2, 0) is 4.74 Å². The summed E-state index contributed by atoms with van der Waals surface area (Å²) < 4.78 is 10.5. The third kappa shape index (κ3) is 4.54. The number of anilines is 1. The number of aromatic nitrogens is 3. The molecule has 0 bridgehead atoms. The number of rotatable bonds is 8. The van der Waals surface area contributed by atoms with Crippen molar-refractivity contribution >= 4 is 17.4 Å². The van der Waals surface area contributed by atoms with E-state index in [4.69, 9.17) is 9.26 Å². The van der Waals surface area contributed by atoms with Gasteiger partial charge in [-0.05, 0) is 37.3 Å². The predicted octanol–water partition coefficient (Wildman–Crippen LogP) is 4.34. The summed E-state index contributed by atoms with van der Waals surface area (Å²) in [7, 11) is 0. The number of Topliss-reactive ketones (excluding diaryl/α,β-unsaturated/α-hetero) is 1. The first kappa shape index (κ1) is 20.9. The fourth-order valence-corrected chi connectivity index (χ4v) is 3.23. The third-order valence-corrected chi connectivity index (χ3v) is 4.71. The lowest BCUT2D eigenvalue weighted by molar-refractivity contribution is 0.0526. The fourth-order valence-electron chi connectivity index (χ4n) is 3.23. The Labute approximate surface area is 184 Å².